The van der Waals surface area contributed by atoms with Gasteiger partial charge in [-0.05, 0) is 30.2 Å². The lowest BCUT2D eigenvalue weighted by Crippen LogP contribution is -2.28. The van der Waals surface area contributed by atoms with Crippen molar-refractivity contribution in [3.8, 4) is 22.8 Å². The van der Waals surface area contributed by atoms with Crippen LogP contribution >= 0.6 is 11.8 Å². The van der Waals surface area contributed by atoms with Gasteiger partial charge in [0.1, 0.15) is 10.7 Å². The molecule has 0 spiro atoms. The molecule has 4 rings (SSSR count). The van der Waals surface area contributed by atoms with Crippen LogP contribution in [0.4, 0.5) is 0 Å². The van der Waals surface area contributed by atoms with Crippen molar-refractivity contribution in [2.75, 3.05) is 27.0 Å². The number of benzene rings is 3. The zero-order valence-corrected chi connectivity index (χ0v) is 20.6. The molecule has 1 amide bonds. The van der Waals surface area contributed by atoms with E-state index in [9.17, 15) is 4.79 Å². The maximum atomic E-state index is 12.9. The van der Waals surface area contributed by atoms with E-state index in [1.54, 1.807) is 26.2 Å². The average molecular weight is 474 g/mol. The van der Waals surface area contributed by atoms with Crippen LogP contribution in [0.15, 0.2) is 71.8 Å². The van der Waals surface area contributed by atoms with Crippen molar-refractivity contribution < 1.29 is 14.3 Å². The molecule has 0 unspecified atom stereocenters. The second-order valence-electron chi connectivity index (χ2n) is 7.94. The summed E-state index contributed by atoms with van der Waals surface area (Å²) in [7, 11) is 5.03. The summed E-state index contributed by atoms with van der Waals surface area (Å²) >= 11 is 1.41. The summed E-state index contributed by atoms with van der Waals surface area (Å²) in [5, 5.41) is 11.7. The van der Waals surface area contributed by atoms with Gasteiger partial charge in [0.2, 0.25) is 5.91 Å². The Labute approximate surface area is 203 Å². The lowest BCUT2D eigenvalue weighted by molar-refractivity contribution is -0.127. The molecule has 1 aromatic heterocycles. The molecular formula is C27H27N3O3S. The lowest BCUT2D eigenvalue weighted by Gasteiger charge is -2.20. The van der Waals surface area contributed by atoms with E-state index < -0.39 is 0 Å². The van der Waals surface area contributed by atoms with E-state index in [4.69, 9.17) is 9.47 Å². The zero-order valence-electron chi connectivity index (χ0n) is 19.7. The first-order chi connectivity index (χ1) is 16.5. The fourth-order valence-electron chi connectivity index (χ4n) is 3.77. The summed E-state index contributed by atoms with van der Waals surface area (Å²) in [5.74, 6) is 1.61. The lowest BCUT2D eigenvalue weighted by atomic mass is 10.1. The van der Waals surface area contributed by atoms with Crippen molar-refractivity contribution >= 4 is 28.4 Å². The number of hydrogen-bond acceptors (Lipinski definition) is 6. The molecule has 174 valence electrons. The molecule has 4 aromatic rings. The number of methoxy groups -OCH3 is 2. The number of carbonyl (C=O) groups excluding carboxylic acids is 1. The van der Waals surface area contributed by atoms with Crippen LogP contribution in [0.3, 0.4) is 0 Å². The third kappa shape index (κ3) is 4.99. The summed E-state index contributed by atoms with van der Waals surface area (Å²) in [6, 6.07) is 21.9. The standard InChI is InChI=1S/C27H27N3O3S/c1-18-14-23(32-3)24(33-4)15-20(18)16-30(2)25(31)17-34-27-22-13-9-8-12-21(22)26(28-29-27)19-10-6-5-7-11-19/h5-15H,16-17H2,1-4H3. The van der Waals surface area contributed by atoms with Crippen LogP contribution in [0.25, 0.3) is 22.0 Å². The van der Waals surface area contributed by atoms with Crippen molar-refractivity contribution in [1.29, 1.82) is 0 Å². The second-order valence-corrected chi connectivity index (χ2v) is 8.90. The number of fused-ring (bicyclic) bond motifs is 1. The topological polar surface area (TPSA) is 64.5 Å². The normalized spacial score (nSPS) is 10.8. The van der Waals surface area contributed by atoms with Gasteiger partial charge in [0.05, 0.1) is 20.0 Å². The van der Waals surface area contributed by atoms with E-state index in [0.29, 0.717) is 18.0 Å². The first-order valence-corrected chi connectivity index (χ1v) is 11.9. The maximum Gasteiger partial charge on any atom is 0.233 e. The SMILES string of the molecule is COc1cc(C)c(CN(C)C(=O)CSc2nnc(-c3ccccc3)c3ccccc23)cc1OC. The number of ether oxygens (including phenoxy) is 2. The minimum absolute atomic E-state index is 0.0113. The van der Waals surface area contributed by atoms with Gasteiger partial charge in [-0.1, -0.05) is 66.4 Å². The highest BCUT2D eigenvalue weighted by Gasteiger charge is 2.16. The van der Waals surface area contributed by atoms with Crippen molar-refractivity contribution in [2.45, 2.75) is 18.5 Å². The minimum Gasteiger partial charge on any atom is -0.493 e. The van der Waals surface area contributed by atoms with Gasteiger partial charge in [0.25, 0.3) is 0 Å². The average Bonchev–Trinajstić information content (AvgIpc) is 2.88. The van der Waals surface area contributed by atoms with Crippen LogP contribution in [0.2, 0.25) is 0 Å². The van der Waals surface area contributed by atoms with Crippen molar-refractivity contribution in [3.05, 3.63) is 77.9 Å². The molecule has 0 saturated heterocycles. The number of carbonyl (C=O) groups is 1. The predicted octanol–water partition coefficient (Wildman–Crippen LogP) is 5.37. The number of hydrogen-bond donors (Lipinski definition) is 0. The largest absolute Gasteiger partial charge is 0.493 e. The van der Waals surface area contributed by atoms with Crippen LogP contribution in [0, 0.1) is 6.92 Å². The maximum absolute atomic E-state index is 12.9. The van der Waals surface area contributed by atoms with Crippen LogP contribution in [0.5, 0.6) is 11.5 Å². The summed E-state index contributed by atoms with van der Waals surface area (Å²) in [6.45, 7) is 2.48. The van der Waals surface area contributed by atoms with Crippen molar-refractivity contribution in [3.63, 3.8) is 0 Å². The van der Waals surface area contributed by atoms with Crippen LogP contribution in [-0.4, -0.2) is 48.0 Å². The molecule has 0 saturated carbocycles. The molecular weight excluding hydrogens is 446 g/mol. The fourth-order valence-corrected chi connectivity index (χ4v) is 4.68. The van der Waals surface area contributed by atoms with E-state index in [0.717, 1.165) is 38.2 Å². The number of amides is 1. The molecule has 0 fully saturated rings. The third-order valence-electron chi connectivity index (χ3n) is 5.71. The Kier molecular flexibility index (Phi) is 7.33. The molecule has 0 aliphatic carbocycles. The Balaban J connectivity index is 1.50. The second kappa shape index (κ2) is 10.6. The highest BCUT2D eigenvalue weighted by atomic mass is 32.2. The van der Waals surface area contributed by atoms with Gasteiger partial charge in [0, 0.05) is 29.9 Å². The van der Waals surface area contributed by atoms with Crippen LogP contribution < -0.4 is 9.47 Å². The first-order valence-electron chi connectivity index (χ1n) is 10.9. The molecule has 0 bridgehead atoms. The van der Waals surface area contributed by atoms with E-state index in [-0.39, 0.29) is 11.7 Å². The monoisotopic (exact) mass is 473 g/mol. The molecule has 1 heterocycles. The van der Waals surface area contributed by atoms with E-state index in [1.807, 2.05) is 73.7 Å². The number of rotatable bonds is 8. The van der Waals surface area contributed by atoms with Gasteiger partial charge < -0.3 is 14.4 Å². The summed E-state index contributed by atoms with van der Waals surface area (Å²) in [6.07, 6.45) is 0. The summed E-state index contributed by atoms with van der Waals surface area (Å²) in [5.41, 5.74) is 3.91. The minimum atomic E-state index is 0.0113. The summed E-state index contributed by atoms with van der Waals surface area (Å²) in [4.78, 5) is 14.7. The molecule has 7 heteroatoms. The van der Waals surface area contributed by atoms with Crippen molar-refractivity contribution in [1.82, 2.24) is 15.1 Å². The fraction of sp³-hybridized carbons (Fsp3) is 0.222. The van der Waals surface area contributed by atoms with Gasteiger partial charge in [0.15, 0.2) is 11.5 Å². The smallest absolute Gasteiger partial charge is 0.233 e. The summed E-state index contributed by atoms with van der Waals surface area (Å²) < 4.78 is 10.8. The van der Waals surface area contributed by atoms with Gasteiger partial charge in [-0.2, -0.15) is 0 Å². The highest BCUT2D eigenvalue weighted by molar-refractivity contribution is 8.00. The molecule has 3 aromatic carbocycles. The quantitative estimate of drug-likeness (QED) is 0.321. The third-order valence-corrected chi connectivity index (χ3v) is 6.67. The van der Waals surface area contributed by atoms with Crippen molar-refractivity contribution in [2.24, 2.45) is 0 Å². The number of aryl methyl sites for hydroxylation is 1. The Bertz CT molecular complexity index is 1310. The molecule has 0 aliphatic rings. The van der Waals surface area contributed by atoms with E-state index >= 15 is 0 Å². The van der Waals surface area contributed by atoms with Gasteiger partial charge >= 0.3 is 0 Å². The molecule has 6 nitrogen and oxygen atoms in total. The van der Waals surface area contributed by atoms with Crippen LogP contribution in [-0.2, 0) is 11.3 Å². The number of thioether (sulfide) groups is 1. The van der Waals surface area contributed by atoms with E-state index in [1.165, 1.54) is 11.8 Å². The van der Waals surface area contributed by atoms with Crippen LogP contribution in [0.1, 0.15) is 11.1 Å². The predicted molar refractivity (Wildman–Crippen MR) is 136 cm³/mol. The van der Waals surface area contributed by atoms with Gasteiger partial charge in [-0.25, -0.2) is 0 Å². The highest BCUT2D eigenvalue weighted by Crippen LogP contribution is 2.33. The molecule has 0 N–H and O–H groups in total. The Hall–Kier alpha value is -3.58. The number of aromatic nitrogens is 2. The molecule has 34 heavy (non-hydrogen) atoms. The Morgan fingerprint density at radius 1 is 0.912 bits per heavy atom. The first kappa shape index (κ1) is 23.6. The number of nitrogens with zero attached hydrogens (tertiary/aromatic N) is 3. The van der Waals surface area contributed by atoms with Gasteiger partial charge in [-0.3, -0.25) is 4.79 Å². The molecule has 0 atom stereocenters. The Morgan fingerprint density at radius 3 is 2.26 bits per heavy atom. The molecule has 0 aliphatic heterocycles. The Morgan fingerprint density at radius 2 is 1.56 bits per heavy atom. The molecule has 0 radical (unpaired) electrons. The zero-order chi connectivity index (χ0) is 24.1. The van der Waals surface area contributed by atoms with E-state index in [2.05, 4.69) is 10.2 Å². The van der Waals surface area contributed by atoms with Gasteiger partial charge in [-0.15, -0.1) is 10.2 Å².